The number of hydrogen-bond acceptors (Lipinski definition) is 2. The van der Waals surface area contributed by atoms with Crippen molar-refractivity contribution in [3.8, 4) is 0 Å². The lowest BCUT2D eigenvalue weighted by molar-refractivity contribution is 0.575. The van der Waals surface area contributed by atoms with Crippen molar-refractivity contribution in [2.75, 3.05) is 31.1 Å². The molecule has 0 spiro atoms. The lowest BCUT2D eigenvalue weighted by Gasteiger charge is -2.26. The average Bonchev–Trinajstić information content (AvgIpc) is 2.73. The molecule has 0 atom stereocenters. The first-order valence-corrected chi connectivity index (χ1v) is 5.74. The van der Waals surface area contributed by atoms with Crippen molar-refractivity contribution in [2.45, 2.75) is 0 Å². The number of H-pyrrole nitrogens is 1. The van der Waals surface area contributed by atoms with Gasteiger partial charge in [-0.25, -0.2) is 5.32 Å². The molecule has 0 saturated carbocycles. The van der Waals surface area contributed by atoms with Gasteiger partial charge in [-0.15, -0.1) is 0 Å². The van der Waals surface area contributed by atoms with Gasteiger partial charge in [-0.2, -0.15) is 5.10 Å². The zero-order valence-electron chi connectivity index (χ0n) is 8.78. The molecule has 0 bridgehead atoms. The highest BCUT2D eigenvalue weighted by molar-refractivity contribution is 6.31. The summed E-state index contributed by atoms with van der Waals surface area (Å²) >= 11 is 5.94. The van der Waals surface area contributed by atoms with Crippen LogP contribution >= 0.6 is 11.6 Å². The van der Waals surface area contributed by atoms with Crippen LogP contribution in [0.1, 0.15) is 0 Å². The number of rotatable bonds is 1. The third-order valence-corrected chi connectivity index (χ3v) is 3.10. The van der Waals surface area contributed by atoms with Crippen LogP contribution in [-0.4, -0.2) is 36.4 Å². The Balaban J connectivity index is 2.03. The first kappa shape index (κ1) is 9.93. The number of aromatic nitrogens is 2. The van der Waals surface area contributed by atoms with E-state index in [4.69, 9.17) is 11.6 Å². The minimum absolute atomic E-state index is 0.733. The number of fused-ring (bicyclic) bond motifs is 1. The molecule has 5 heteroatoms. The number of hydrogen-bond donors (Lipinski definition) is 1. The van der Waals surface area contributed by atoms with Crippen LogP contribution in [0.15, 0.2) is 18.2 Å². The van der Waals surface area contributed by atoms with Gasteiger partial charge in [0.1, 0.15) is 0 Å². The molecule has 1 N–H and O–H groups in total. The van der Waals surface area contributed by atoms with Crippen LogP contribution < -0.4 is 10.2 Å². The molecule has 1 aliphatic heterocycles. The van der Waals surface area contributed by atoms with Gasteiger partial charge in [0.25, 0.3) is 0 Å². The largest absolute Gasteiger partial charge is 0.352 e. The van der Waals surface area contributed by atoms with E-state index >= 15 is 0 Å². The van der Waals surface area contributed by atoms with Crippen molar-refractivity contribution in [1.82, 2.24) is 15.5 Å². The number of benzene rings is 1. The number of halogens is 1. The van der Waals surface area contributed by atoms with Crippen LogP contribution in [0.5, 0.6) is 0 Å². The maximum Gasteiger partial charge on any atom is 0.158 e. The maximum absolute atomic E-state index is 5.94. The average molecular weight is 236 g/mol. The van der Waals surface area contributed by atoms with Crippen LogP contribution in [0, 0.1) is 0 Å². The molecule has 3 rings (SSSR count). The molecule has 1 aromatic heterocycles. The van der Waals surface area contributed by atoms with Gasteiger partial charge in [-0.3, -0.25) is 5.10 Å². The quantitative estimate of drug-likeness (QED) is 0.817. The van der Waals surface area contributed by atoms with E-state index in [1.165, 1.54) is 0 Å². The van der Waals surface area contributed by atoms with Gasteiger partial charge in [-0.1, -0.05) is 11.6 Å². The van der Waals surface area contributed by atoms with Gasteiger partial charge in [-0.05, 0) is 18.2 Å². The monoisotopic (exact) mass is 235 g/mol. The molecular formula is C11H12ClN4. The Morgan fingerprint density at radius 2 is 2.06 bits per heavy atom. The summed E-state index contributed by atoms with van der Waals surface area (Å²) in [4.78, 5) is 2.26. The summed E-state index contributed by atoms with van der Waals surface area (Å²) in [5.74, 6) is 1.02. The fourth-order valence-electron chi connectivity index (χ4n) is 2.04. The Labute approximate surface area is 98.6 Å². The molecule has 2 heterocycles. The van der Waals surface area contributed by atoms with E-state index in [2.05, 4.69) is 20.4 Å². The maximum atomic E-state index is 5.94. The van der Waals surface area contributed by atoms with Crippen molar-refractivity contribution >= 4 is 28.3 Å². The Kier molecular flexibility index (Phi) is 2.46. The summed E-state index contributed by atoms with van der Waals surface area (Å²) in [7, 11) is 0. The van der Waals surface area contributed by atoms with E-state index in [-0.39, 0.29) is 0 Å². The smallest absolute Gasteiger partial charge is 0.158 e. The minimum Gasteiger partial charge on any atom is -0.352 e. The molecule has 1 radical (unpaired) electrons. The summed E-state index contributed by atoms with van der Waals surface area (Å²) in [6, 6.07) is 5.82. The number of nitrogens with one attached hydrogen (secondary N) is 1. The lowest BCUT2D eigenvalue weighted by Crippen LogP contribution is -2.40. The number of piperazine rings is 1. The Hall–Kier alpha value is -1.26. The molecule has 0 unspecified atom stereocenters. The van der Waals surface area contributed by atoms with Crippen LogP contribution in [0.4, 0.5) is 5.82 Å². The van der Waals surface area contributed by atoms with Crippen molar-refractivity contribution in [3.63, 3.8) is 0 Å². The first-order chi connectivity index (χ1) is 7.84. The van der Waals surface area contributed by atoms with Crippen LogP contribution in [0.2, 0.25) is 5.02 Å². The van der Waals surface area contributed by atoms with Gasteiger partial charge < -0.3 is 4.90 Å². The molecule has 4 nitrogen and oxygen atoms in total. The van der Waals surface area contributed by atoms with Crippen molar-refractivity contribution in [3.05, 3.63) is 23.2 Å². The van der Waals surface area contributed by atoms with Gasteiger partial charge in [0.05, 0.1) is 5.52 Å². The fraction of sp³-hybridized carbons (Fsp3) is 0.364. The third kappa shape index (κ3) is 1.64. The number of nitrogens with zero attached hydrogens (tertiary/aromatic N) is 3. The Morgan fingerprint density at radius 3 is 2.88 bits per heavy atom. The van der Waals surface area contributed by atoms with E-state index in [1.807, 2.05) is 18.2 Å². The highest BCUT2D eigenvalue weighted by Crippen LogP contribution is 2.26. The second-order valence-electron chi connectivity index (χ2n) is 3.89. The van der Waals surface area contributed by atoms with E-state index in [9.17, 15) is 0 Å². The van der Waals surface area contributed by atoms with E-state index in [1.54, 1.807) is 0 Å². The predicted molar refractivity (Wildman–Crippen MR) is 65.2 cm³/mol. The van der Waals surface area contributed by atoms with Crippen molar-refractivity contribution in [2.24, 2.45) is 0 Å². The highest BCUT2D eigenvalue weighted by Gasteiger charge is 2.16. The topological polar surface area (TPSA) is 46.0 Å². The zero-order valence-corrected chi connectivity index (χ0v) is 9.54. The summed E-state index contributed by atoms with van der Waals surface area (Å²) in [5, 5.41) is 13.6. The van der Waals surface area contributed by atoms with Gasteiger partial charge in [0.2, 0.25) is 0 Å². The number of anilines is 1. The minimum atomic E-state index is 0.733. The van der Waals surface area contributed by atoms with Crippen LogP contribution in [0.3, 0.4) is 0 Å². The van der Waals surface area contributed by atoms with E-state index in [0.29, 0.717) is 0 Å². The Morgan fingerprint density at radius 1 is 1.25 bits per heavy atom. The molecule has 2 aromatic rings. The predicted octanol–water partition coefficient (Wildman–Crippen LogP) is 1.64. The van der Waals surface area contributed by atoms with Crippen LogP contribution in [0.25, 0.3) is 10.9 Å². The second-order valence-corrected chi connectivity index (χ2v) is 4.33. The molecule has 1 fully saturated rings. The van der Waals surface area contributed by atoms with Crippen LogP contribution in [-0.2, 0) is 0 Å². The Bertz CT molecular complexity index is 502. The summed E-state index contributed by atoms with van der Waals surface area (Å²) in [6.45, 7) is 3.68. The normalized spacial score (nSPS) is 16.9. The molecule has 83 valence electrons. The molecule has 1 saturated heterocycles. The summed E-state index contributed by atoms with van der Waals surface area (Å²) in [6.07, 6.45) is 0. The number of aromatic amines is 1. The third-order valence-electron chi connectivity index (χ3n) is 2.86. The van der Waals surface area contributed by atoms with Crippen molar-refractivity contribution < 1.29 is 0 Å². The molecule has 0 amide bonds. The van der Waals surface area contributed by atoms with Gasteiger partial charge in [0.15, 0.2) is 5.82 Å². The van der Waals surface area contributed by atoms with Gasteiger partial charge in [0, 0.05) is 36.6 Å². The zero-order chi connectivity index (χ0) is 11.0. The lowest BCUT2D eigenvalue weighted by atomic mass is 10.2. The molecule has 1 aromatic carbocycles. The molecule has 1 aliphatic rings. The summed E-state index contributed by atoms with van der Waals surface area (Å²) in [5.41, 5.74) is 0.991. The van der Waals surface area contributed by atoms with E-state index < -0.39 is 0 Å². The second kappa shape index (κ2) is 3.96. The SMILES string of the molecule is Clc1ccc2c(N3CC[N]CC3)n[nH]c2c1. The van der Waals surface area contributed by atoms with E-state index in [0.717, 1.165) is 47.9 Å². The van der Waals surface area contributed by atoms with Crippen molar-refractivity contribution in [1.29, 1.82) is 0 Å². The fourth-order valence-corrected chi connectivity index (χ4v) is 2.21. The molecule has 16 heavy (non-hydrogen) atoms. The summed E-state index contributed by atoms with van der Waals surface area (Å²) < 4.78 is 0. The standard InChI is InChI=1S/C11H12ClN4/c12-8-1-2-9-10(7-8)14-15-11(9)16-5-3-13-4-6-16/h1-2,7H,3-6H2,(H,14,15). The molecule has 0 aliphatic carbocycles. The molecular weight excluding hydrogens is 224 g/mol. The first-order valence-electron chi connectivity index (χ1n) is 5.36. The highest BCUT2D eigenvalue weighted by atomic mass is 35.5. The van der Waals surface area contributed by atoms with Gasteiger partial charge >= 0.3 is 0 Å².